The zero-order valence-electron chi connectivity index (χ0n) is 10.6. The van der Waals surface area contributed by atoms with Crippen molar-refractivity contribution in [3.05, 3.63) is 0 Å². The number of nitrogens with one attached hydrogen (secondary N) is 2. The smallest absolute Gasteiger partial charge is 0.321 e. The Balaban J connectivity index is 2.54. The van der Waals surface area contributed by atoms with Crippen LogP contribution in [0.4, 0.5) is 4.79 Å². The van der Waals surface area contributed by atoms with Gasteiger partial charge in [0.15, 0.2) is 0 Å². The van der Waals surface area contributed by atoms with Crippen molar-refractivity contribution < 1.29 is 14.7 Å². The van der Waals surface area contributed by atoms with Gasteiger partial charge in [-0.2, -0.15) is 0 Å². The predicted molar refractivity (Wildman–Crippen MR) is 63.5 cm³/mol. The Kier molecular flexibility index (Phi) is 4.47. The van der Waals surface area contributed by atoms with E-state index in [1.54, 1.807) is 13.8 Å². The molecule has 0 aliphatic carbocycles. The van der Waals surface area contributed by atoms with Crippen LogP contribution in [-0.4, -0.2) is 53.7 Å². The third-order valence-electron chi connectivity index (χ3n) is 3.10. The number of β-amino-alcohol motifs (C(OH)–C–C–N with tert-alkyl or cyclic N) is 1. The molecule has 98 valence electrons. The lowest BCUT2D eigenvalue weighted by molar-refractivity contribution is -0.127. The molecule has 0 spiro atoms. The van der Waals surface area contributed by atoms with Crippen LogP contribution in [0.25, 0.3) is 0 Å². The van der Waals surface area contributed by atoms with E-state index in [2.05, 4.69) is 10.6 Å². The summed E-state index contributed by atoms with van der Waals surface area (Å²) >= 11 is 0. The SMILES string of the molecule is CNC(=O)NC(=O)C(C)N1CCCC(C)(O)C1. The first-order valence-corrected chi connectivity index (χ1v) is 5.85. The summed E-state index contributed by atoms with van der Waals surface area (Å²) in [5.74, 6) is -0.345. The van der Waals surface area contributed by atoms with E-state index < -0.39 is 17.7 Å². The highest BCUT2D eigenvalue weighted by molar-refractivity contribution is 5.96. The van der Waals surface area contributed by atoms with Crippen LogP contribution in [0, 0.1) is 0 Å². The van der Waals surface area contributed by atoms with E-state index >= 15 is 0 Å². The molecular weight excluding hydrogens is 222 g/mol. The average molecular weight is 243 g/mol. The lowest BCUT2D eigenvalue weighted by atomic mass is 9.94. The molecular formula is C11H21N3O3. The van der Waals surface area contributed by atoms with Crippen molar-refractivity contribution >= 4 is 11.9 Å². The first kappa shape index (κ1) is 13.9. The van der Waals surface area contributed by atoms with E-state index in [1.807, 2.05) is 4.90 Å². The van der Waals surface area contributed by atoms with E-state index in [0.717, 1.165) is 19.4 Å². The van der Waals surface area contributed by atoms with Crippen LogP contribution in [-0.2, 0) is 4.79 Å². The molecule has 0 aromatic carbocycles. The van der Waals surface area contributed by atoms with Crippen molar-refractivity contribution in [2.24, 2.45) is 0 Å². The minimum atomic E-state index is -0.750. The fraction of sp³-hybridized carbons (Fsp3) is 0.818. The van der Waals surface area contributed by atoms with Crippen molar-refractivity contribution in [2.75, 3.05) is 20.1 Å². The second-order valence-corrected chi connectivity index (χ2v) is 4.82. The molecule has 6 nitrogen and oxygen atoms in total. The van der Waals surface area contributed by atoms with Gasteiger partial charge < -0.3 is 10.4 Å². The number of amides is 3. The molecule has 17 heavy (non-hydrogen) atoms. The van der Waals surface area contributed by atoms with Gasteiger partial charge in [0.25, 0.3) is 0 Å². The molecule has 3 N–H and O–H groups in total. The number of aliphatic hydroxyl groups is 1. The van der Waals surface area contributed by atoms with Crippen LogP contribution in [0.15, 0.2) is 0 Å². The van der Waals surface area contributed by atoms with E-state index in [4.69, 9.17) is 0 Å². The summed E-state index contributed by atoms with van der Waals surface area (Å²) < 4.78 is 0. The van der Waals surface area contributed by atoms with Crippen molar-refractivity contribution in [2.45, 2.75) is 38.3 Å². The van der Waals surface area contributed by atoms with Crippen molar-refractivity contribution in [3.8, 4) is 0 Å². The Morgan fingerprint density at radius 1 is 1.47 bits per heavy atom. The number of rotatable bonds is 2. The molecule has 1 rings (SSSR count). The summed E-state index contributed by atoms with van der Waals surface area (Å²) in [5.41, 5.74) is -0.750. The van der Waals surface area contributed by atoms with Crippen LogP contribution in [0.5, 0.6) is 0 Å². The highest BCUT2D eigenvalue weighted by Gasteiger charge is 2.33. The molecule has 0 aromatic rings. The topological polar surface area (TPSA) is 81.7 Å². The summed E-state index contributed by atoms with van der Waals surface area (Å²) in [5, 5.41) is 14.5. The van der Waals surface area contributed by atoms with Gasteiger partial charge in [-0.05, 0) is 33.2 Å². The predicted octanol–water partition coefficient (Wildman–Crippen LogP) is -0.323. The Labute approximate surface area is 101 Å². The number of piperidine rings is 1. The second-order valence-electron chi connectivity index (χ2n) is 4.82. The van der Waals surface area contributed by atoms with Crippen molar-refractivity contribution in [3.63, 3.8) is 0 Å². The molecule has 3 amide bonds. The van der Waals surface area contributed by atoms with E-state index in [1.165, 1.54) is 7.05 Å². The van der Waals surface area contributed by atoms with E-state index in [9.17, 15) is 14.7 Å². The summed E-state index contributed by atoms with van der Waals surface area (Å²) in [4.78, 5) is 24.6. The van der Waals surface area contributed by atoms with Crippen LogP contribution in [0.1, 0.15) is 26.7 Å². The Morgan fingerprint density at radius 2 is 2.12 bits per heavy atom. The zero-order chi connectivity index (χ0) is 13.1. The Hall–Kier alpha value is -1.14. The lowest BCUT2D eigenvalue weighted by Gasteiger charge is -2.39. The molecule has 0 radical (unpaired) electrons. The molecule has 0 aromatic heterocycles. The van der Waals surface area contributed by atoms with Gasteiger partial charge in [-0.25, -0.2) is 4.79 Å². The standard InChI is InChI=1S/C11H21N3O3/c1-8(9(15)13-10(16)12-3)14-6-4-5-11(2,17)7-14/h8,17H,4-7H2,1-3H3,(H2,12,13,15,16). The quantitative estimate of drug-likeness (QED) is 0.620. The molecule has 1 saturated heterocycles. The van der Waals surface area contributed by atoms with Crippen molar-refractivity contribution in [1.29, 1.82) is 0 Å². The Morgan fingerprint density at radius 3 is 2.65 bits per heavy atom. The molecule has 0 saturated carbocycles. The van der Waals surface area contributed by atoms with Gasteiger partial charge in [-0.1, -0.05) is 0 Å². The summed E-state index contributed by atoms with van der Waals surface area (Å²) in [6.45, 7) is 4.72. The molecule has 6 heteroatoms. The second kappa shape index (κ2) is 5.46. The first-order valence-electron chi connectivity index (χ1n) is 5.85. The highest BCUT2D eigenvalue weighted by atomic mass is 16.3. The minimum Gasteiger partial charge on any atom is -0.389 e. The zero-order valence-corrected chi connectivity index (χ0v) is 10.6. The van der Waals surface area contributed by atoms with Gasteiger partial charge in [0, 0.05) is 13.6 Å². The van der Waals surface area contributed by atoms with Gasteiger partial charge in [-0.3, -0.25) is 15.0 Å². The van der Waals surface area contributed by atoms with Crippen LogP contribution in [0.3, 0.4) is 0 Å². The fourth-order valence-corrected chi connectivity index (χ4v) is 2.03. The fourth-order valence-electron chi connectivity index (χ4n) is 2.03. The van der Waals surface area contributed by atoms with Gasteiger partial charge >= 0.3 is 6.03 Å². The summed E-state index contributed by atoms with van der Waals surface area (Å²) in [6.07, 6.45) is 1.60. The lowest BCUT2D eigenvalue weighted by Crippen LogP contribution is -2.55. The minimum absolute atomic E-state index is 0.345. The number of carbonyl (C=O) groups excluding carboxylic acids is 2. The van der Waals surface area contributed by atoms with Crippen molar-refractivity contribution in [1.82, 2.24) is 15.5 Å². The third-order valence-corrected chi connectivity index (χ3v) is 3.10. The number of carbonyl (C=O) groups is 2. The maximum absolute atomic E-state index is 11.7. The average Bonchev–Trinajstić information content (AvgIpc) is 2.26. The normalized spacial score (nSPS) is 27.3. The maximum atomic E-state index is 11.7. The maximum Gasteiger partial charge on any atom is 0.321 e. The summed E-state index contributed by atoms with van der Waals surface area (Å²) in [7, 11) is 1.46. The van der Waals surface area contributed by atoms with E-state index in [-0.39, 0.29) is 5.91 Å². The van der Waals surface area contributed by atoms with Gasteiger partial charge in [0.05, 0.1) is 11.6 Å². The van der Waals surface area contributed by atoms with Crippen LogP contribution in [0.2, 0.25) is 0 Å². The van der Waals surface area contributed by atoms with Gasteiger partial charge in [0.2, 0.25) is 5.91 Å². The van der Waals surface area contributed by atoms with Gasteiger partial charge in [-0.15, -0.1) is 0 Å². The summed E-state index contributed by atoms with van der Waals surface area (Å²) in [6, 6.07) is -0.926. The molecule has 2 unspecified atom stereocenters. The highest BCUT2D eigenvalue weighted by Crippen LogP contribution is 2.21. The molecule has 1 aliphatic heterocycles. The number of hydrogen-bond acceptors (Lipinski definition) is 4. The largest absolute Gasteiger partial charge is 0.389 e. The number of urea groups is 1. The van der Waals surface area contributed by atoms with Crippen LogP contribution >= 0.6 is 0 Å². The van der Waals surface area contributed by atoms with Gasteiger partial charge in [0.1, 0.15) is 0 Å². The third kappa shape index (κ3) is 3.98. The number of imide groups is 1. The first-order chi connectivity index (χ1) is 7.85. The number of hydrogen-bond donors (Lipinski definition) is 3. The molecule has 1 heterocycles. The molecule has 0 bridgehead atoms. The monoisotopic (exact) mass is 243 g/mol. The molecule has 1 fully saturated rings. The number of likely N-dealkylation sites (tertiary alicyclic amines) is 1. The van der Waals surface area contributed by atoms with E-state index in [0.29, 0.717) is 6.54 Å². The molecule has 1 aliphatic rings. The Bertz CT molecular complexity index is 304. The molecule has 2 atom stereocenters. The number of nitrogens with zero attached hydrogens (tertiary/aromatic N) is 1. The van der Waals surface area contributed by atoms with Crippen LogP contribution < -0.4 is 10.6 Å².